The fraction of sp³-hybridized carbons (Fsp3) is 0.158. The molecule has 0 aromatic heterocycles. The number of para-hydroxylation sites is 1. The molecule has 2 aromatic rings. The zero-order valence-electron chi connectivity index (χ0n) is 13.5. The largest absolute Gasteiger partial charge is 0.479 e. The zero-order chi connectivity index (χ0) is 18.1. The Morgan fingerprint density at radius 3 is 2.40 bits per heavy atom. The minimum Gasteiger partial charge on any atom is -0.479 e. The molecule has 25 heavy (non-hydrogen) atoms. The molecular weight excluding hydrogens is 342 g/mol. The standard InChI is InChI=1S/C19H16ClNO4/c1-24-19(23)15-10-8-14(9-11-15)18(22)21-12-4-5-13-25-17-7-3-2-6-16(17)20/h2-3,6-11H,12-13H2,1H3,(H,21,22). The van der Waals surface area contributed by atoms with Crippen LogP contribution in [0.3, 0.4) is 0 Å². The summed E-state index contributed by atoms with van der Waals surface area (Å²) in [6.45, 7) is 0.358. The Morgan fingerprint density at radius 2 is 1.72 bits per heavy atom. The lowest BCUT2D eigenvalue weighted by Crippen LogP contribution is -2.23. The lowest BCUT2D eigenvalue weighted by Gasteiger charge is -2.04. The van der Waals surface area contributed by atoms with E-state index in [4.69, 9.17) is 16.3 Å². The number of esters is 1. The SMILES string of the molecule is COC(=O)c1ccc(C(=O)NCC#CCOc2ccccc2Cl)cc1. The van der Waals surface area contributed by atoms with Crippen LogP contribution >= 0.6 is 11.6 Å². The quantitative estimate of drug-likeness (QED) is 0.660. The highest BCUT2D eigenvalue weighted by molar-refractivity contribution is 6.32. The molecular formula is C19H16ClNO4. The molecule has 0 aliphatic rings. The number of carbonyl (C=O) groups is 2. The monoisotopic (exact) mass is 357 g/mol. The number of halogens is 1. The predicted molar refractivity (Wildman–Crippen MR) is 94.8 cm³/mol. The second-order valence-corrected chi connectivity index (χ2v) is 5.23. The summed E-state index contributed by atoms with van der Waals surface area (Å²) in [6.07, 6.45) is 0. The third-order valence-electron chi connectivity index (χ3n) is 3.17. The van der Waals surface area contributed by atoms with Gasteiger partial charge in [0.05, 0.1) is 24.2 Å². The molecule has 5 nitrogen and oxygen atoms in total. The normalized spacial score (nSPS) is 9.52. The Morgan fingerprint density at radius 1 is 1.04 bits per heavy atom. The van der Waals surface area contributed by atoms with Crippen molar-refractivity contribution in [1.29, 1.82) is 0 Å². The summed E-state index contributed by atoms with van der Waals surface area (Å²) in [7, 11) is 1.30. The maximum absolute atomic E-state index is 12.0. The van der Waals surface area contributed by atoms with Crippen LogP contribution in [-0.4, -0.2) is 32.1 Å². The summed E-state index contributed by atoms with van der Waals surface area (Å²) in [5.41, 5.74) is 0.817. The summed E-state index contributed by atoms with van der Waals surface area (Å²) in [6, 6.07) is 13.3. The molecule has 0 spiro atoms. The van der Waals surface area contributed by atoms with Crippen LogP contribution in [-0.2, 0) is 4.74 Å². The van der Waals surface area contributed by atoms with Crippen LogP contribution in [0.2, 0.25) is 5.02 Å². The van der Waals surface area contributed by atoms with Crippen molar-refractivity contribution in [2.45, 2.75) is 0 Å². The number of hydrogen-bond acceptors (Lipinski definition) is 4. The van der Waals surface area contributed by atoms with Gasteiger partial charge in [-0.15, -0.1) is 0 Å². The smallest absolute Gasteiger partial charge is 0.337 e. The van der Waals surface area contributed by atoms with Crippen LogP contribution in [0.5, 0.6) is 5.75 Å². The van der Waals surface area contributed by atoms with Gasteiger partial charge >= 0.3 is 5.97 Å². The topological polar surface area (TPSA) is 64.6 Å². The van der Waals surface area contributed by atoms with Crippen LogP contribution in [0.1, 0.15) is 20.7 Å². The molecule has 0 heterocycles. The van der Waals surface area contributed by atoms with Crippen LogP contribution in [0.25, 0.3) is 0 Å². The Balaban J connectivity index is 1.77. The van der Waals surface area contributed by atoms with Gasteiger partial charge in [0.1, 0.15) is 12.4 Å². The van der Waals surface area contributed by atoms with E-state index >= 15 is 0 Å². The van der Waals surface area contributed by atoms with Crippen molar-refractivity contribution in [3.63, 3.8) is 0 Å². The summed E-state index contributed by atoms with van der Waals surface area (Å²) in [5, 5.41) is 3.18. The summed E-state index contributed by atoms with van der Waals surface area (Å²) in [4.78, 5) is 23.3. The average Bonchev–Trinajstić information content (AvgIpc) is 2.65. The van der Waals surface area contributed by atoms with Crippen LogP contribution in [0.15, 0.2) is 48.5 Å². The third kappa shape index (κ3) is 5.55. The number of ether oxygens (including phenoxy) is 2. The number of methoxy groups -OCH3 is 1. The summed E-state index contributed by atoms with van der Waals surface area (Å²) in [5.74, 6) is 5.42. The molecule has 0 radical (unpaired) electrons. The van der Waals surface area contributed by atoms with Gasteiger partial charge in [-0.1, -0.05) is 35.6 Å². The van der Waals surface area contributed by atoms with Gasteiger partial charge in [0.15, 0.2) is 0 Å². The number of nitrogens with one attached hydrogen (secondary N) is 1. The van der Waals surface area contributed by atoms with Crippen molar-refractivity contribution in [2.24, 2.45) is 0 Å². The van der Waals surface area contributed by atoms with E-state index in [1.165, 1.54) is 19.2 Å². The van der Waals surface area contributed by atoms with Crippen LogP contribution < -0.4 is 10.1 Å². The Hall–Kier alpha value is -2.97. The lowest BCUT2D eigenvalue weighted by molar-refractivity contribution is 0.0600. The molecule has 0 bridgehead atoms. The molecule has 2 aromatic carbocycles. The minimum atomic E-state index is -0.448. The van der Waals surface area contributed by atoms with Crippen molar-refractivity contribution in [1.82, 2.24) is 5.32 Å². The molecule has 0 saturated carbocycles. The molecule has 0 fully saturated rings. The average molecular weight is 358 g/mol. The van der Waals surface area contributed by atoms with Gasteiger partial charge in [-0.3, -0.25) is 4.79 Å². The van der Waals surface area contributed by atoms with Gasteiger partial charge in [-0.2, -0.15) is 0 Å². The van der Waals surface area contributed by atoms with Gasteiger partial charge in [0.25, 0.3) is 5.91 Å². The van der Waals surface area contributed by atoms with Crippen molar-refractivity contribution in [3.05, 3.63) is 64.7 Å². The minimum absolute atomic E-state index is 0.174. The number of benzene rings is 2. The van der Waals surface area contributed by atoms with Crippen molar-refractivity contribution in [2.75, 3.05) is 20.3 Å². The lowest BCUT2D eigenvalue weighted by atomic mass is 10.1. The highest BCUT2D eigenvalue weighted by Crippen LogP contribution is 2.22. The maximum Gasteiger partial charge on any atom is 0.337 e. The number of rotatable bonds is 5. The Labute approximate surface area is 150 Å². The molecule has 6 heteroatoms. The predicted octanol–water partition coefficient (Wildman–Crippen LogP) is 2.94. The van der Waals surface area contributed by atoms with Gasteiger partial charge in [-0.05, 0) is 36.4 Å². The van der Waals surface area contributed by atoms with E-state index in [2.05, 4.69) is 21.9 Å². The highest BCUT2D eigenvalue weighted by Gasteiger charge is 2.08. The zero-order valence-corrected chi connectivity index (χ0v) is 14.3. The molecule has 0 aliphatic carbocycles. The molecule has 0 aliphatic heterocycles. The maximum atomic E-state index is 12.0. The first-order chi connectivity index (χ1) is 12.1. The Bertz CT molecular complexity index is 806. The van der Waals surface area contributed by atoms with Crippen LogP contribution in [0, 0.1) is 11.8 Å². The van der Waals surface area contributed by atoms with Gasteiger partial charge in [0, 0.05) is 5.56 Å². The Kier molecular flexibility index (Phi) is 6.87. The summed E-state index contributed by atoms with van der Waals surface area (Å²) < 4.78 is 10.0. The first-order valence-electron chi connectivity index (χ1n) is 7.41. The van der Waals surface area contributed by atoms with Crippen molar-refractivity contribution < 1.29 is 19.1 Å². The van der Waals surface area contributed by atoms with E-state index in [0.29, 0.717) is 21.9 Å². The molecule has 0 atom stereocenters. The van der Waals surface area contributed by atoms with E-state index in [-0.39, 0.29) is 19.1 Å². The first kappa shape index (κ1) is 18.4. The van der Waals surface area contributed by atoms with Gasteiger partial charge in [0.2, 0.25) is 0 Å². The second-order valence-electron chi connectivity index (χ2n) is 4.82. The second kappa shape index (κ2) is 9.36. The van der Waals surface area contributed by atoms with Crippen LogP contribution in [0.4, 0.5) is 0 Å². The van der Waals surface area contributed by atoms with Gasteiger partial charge < -0.3 is 14.8 Å². The number of hydrogen-bond donors (Lipinski definition) is 1. The van der Waals surface area contributed by atoms with Crippen molar-refractivity contribution >= 4 is 23.5 Å². The number of carbonyl (C=O) groups excluding carboxylic acids is 2. The highest BCUT2D eigenvalue weighted by atomic mass is 35.5. The number of amides is 1. The molecule has 1 N–H and O–H groups in total. The fourth-order valence-corrected chi connectivity index (χ4v) is 2.08. The fourth-order valence-electron chi connectivity index (χ4n) is 1.89. The summed E-state index contributed by atoms with van der Waals surface area (Å²) >= 11 is 5.95. The van der Waals surface area contributed by atoms with Crippen molar-refractivity contribution in [3.8, 4) is 17.6 Å². The van der Waals surface area contributed by atoms with E-state index < -0.39 is 5.97 Å². The third-order valence-corrected chi connectivity index (χ3v) is 3.48. The van der Waals surface area contributed by atoms with Gasteiger partial charge in [-0.25, -0.2) is 4.79 Å². The first-order valence-corrected chi connectivity index (χ1v) is 7.79. The molecule has 0 saturated heterocycles. The van der Waals surface area contributed by atoms with E-state index in [9.17, 15) is 9.59 Å². The van der Waals surface area contributed by atoms with E-state index in [1.807, 2.05) is 12.1 Å². The molecule has 1 amide bonds. The van der Waals surface area contributed by atoms with E-state index in [1.54, 1.807) is 24.3 Å². The molecule has 0 unspecified atom stereocenters. The molecule has 128 valence electrons. The van der Waals surface area contributed by atoms with E-state index in [0.717, 1.165) is 0 Å². The molecule has 2 rings (SSSR count).